The lowest BCUT2D eigenvalue weighted by atomic mass is 9.91. The van der Waals surface area contributed by atoms with Crippen molar-refractivity contribution in [2.24, 2.45) is 5.41 Å². The van der Waals surface area contributed by atoms with E-state index in [1.54, 1.807) is 0 Å². The van der Waals surface area contributed by atoms with Gasteiger partial charge in [-0.25, -0.2) is 4.98 Å². The van der Waals surface area contributed by atoms with Crippen LogP contribution >= 0.6 is 0 Å². The summed E-state index contributed by atoms with van der Waals surface area (Å²) in [4.78, 5) is 36.6. The van der Waals surface area contributed by atoms with Gasteiger partial charge >= 0.3 is 0 Å². The number of H-pyrrole nitrogens is 1. The second-order valence-corrected chi connectivity index (χ2v) is 8.56. The minimum atomic E-state index is -0.00695. The third-order valence-corrected chi connectivity index (χ3v) is 4.95. The lowest BCUT2D eigenvalue weighted by Gasteiger charge is -2.36. The fourth-order valence-electron chi connectivity index (χ4n) is 3.44. The number of aromatic nitrogens is 2. The summed E-state index contributed by atoms with van der Waals surface area (Å²) in [5, 5.41) is 0. The maximum absolute atomic E-state index is 12.7. The van der Waals surface area contributed by atoms with Crippen molar-refractivity contribution in [3.8, 4) is 0 Å². The molecule has 6 nitrogen and oxygen atoms in total. The fourth-order valence-corrected chi connectivity index (χ4v) is 3.44. The highest BCUT2D eigenvalue weighted by Gasteiger charge is 2.26. The maximum atomic E-state index is 12.7. The molecule has 1 saturated heterocycles. The summed E-state index contributed by atoms with van der Waals surface area (Å²) in [7, 11) is 0. The average Bonchev–Trinajstić information content (AvgIpc) is 3.03. The molecule has 1 aromatic carbocycles. The molecule has 0 bridgehead atoms. The Morgan fingerprint density at radius 1 is 1.07 bits per heavy atom. The van der Waals surface area contributed by atoms with E-state index in [2.05, 4.69) is 37.7 Å². The molecule has 0 unspecified atom stereocenters. The number of aryl methyl sites for hydroxylation is 1. The van der Waals surface area contributed by atoms with E-state index in [4.69, 9.17) is 0 Å². The molecule has 0 spiro atoms. The summed E-state index contributed by atoms with van der Waals surface area (Å²) >= 11 is 0. The number of nitrogens with one attached hydrogen (secondary N) is 1. The van der Waals surface area contributed by atoms with Gasteiger partial charge in [-0.2, -0.15) is 0 Å². The van der Waals surface area contributed by atoms with Crippen molar-refractivity contribution in [1.82, 2.24) is 19.8 Å². The molecular weight excluding hydrogens is 340 g/mol. The largest absolute Gasteiger partial charge is 0.342 e. The van der Waals surface area contributed by atoms with Crippen LogP contribution in [0.1, 0.15) is 45.5 Å². The molecule has 146 valence electrons. The van der Waals surface area contributed by atoms with E-state index < -0.39 is 0 Å². The Labute approximate surface area is 160 Å². The predicted molar refractivity (Wildman–Crippen MR) is 106 cm³/mol. The van der Waals surface area contributed by atoms with Gasteiger partial charge in [-0.15, -0.1) is 0 Å². The van der Waals surface area contributed by atoms with Crippen LogP contribution in [0.3, 0.4) is 0 Å². The molecule has 2 aromatic rings. The number of amides is 2. The molecule has 6 heteroatoms. The molecule has 1 aromatic heterocycles. The van der Waals surface area contributed by atoms with Gasteiger partial charge in [0.1, 0.15) is 5.82 Å². The molecule has 0 aliphatic carbocycles. The molecule has 1 fully saturated rings. The van der Waals surface area contributed by atoms with Crippen LogP contribution in [-0.4, -0.2) is 57.8 Å². The molecule has 0 saturated carbocycles. The van der Waals surface area contributed by atoms with Crippen molar-refractivity contribution in [2.75, 3.05) is 26.2 Å². The van der Waals surface area contributed by atoms with Crippen molar-refractivity contribution in [2.45, 2.75) is 47.0 Å². The van der Waals surface area contributed by atoms with Gasteiger partial charge in [0.25, 0.3) is 0 Å². The third-order valence-electron chi connectivity index (χ3n) is 4.95. The number of carbonyl (C=O) groups excluding carboxylic acids is 2. The molecule has 2 amide bonds. The Morgan fingerprint density at radius 3 is 2.30 bits per heavy atom. The summed E-state index contributed by atoms with van der Waals surface area (Å²) in [5.74, 6) is 1.27. The number of nitrogens with zero attached hydrogens (tertiary/aromatic N) is 3. The number of rotatable bonds is 4. The van der Waals surface area contributed by atoms with E-state index in [0.29, 0.717) is 39.0 Å². The molecule has 0 atom stereocenters. The van der Waals surface area contributed by atoms with Crippen LogP contribution in [-0.2, 0) is 22.4 Å². The zero-order valence-corrected chi connectivity index (χ0v) is 16.8. The number of aromatic amines is 1. The number of hydrogen-bond acceptors (Lipinski definition) is 3. The SMILES string of the molecule is CCc1nc2ccc(CC(=O)N3CCN(C(=O)CC(C)(C)C)CC3)cc2[nH]1. The highest BCUT2D eigenvalue weighted by atomic mass is 16.2. The zero-order valence-electron chi connectivity index (χ0n) is 16.8. The van der Waals surface area contributed by atoms with Crippen LogP contribution in [0.15, 0.2) is 18.2 Å². The minimum absolute atomic E-state index is 0.00695. The zero-order chi connectivity index (χ0) is 19.6. The van der Waals surface area contributed by atoms with Crippen molar-refractivity contribution >= 4 is 22.8 Å². The fraction of sp³-hybridized carbons (Fsp3) is 0.571. The van der Waals surface area contributed by atoms with E-state index in [0.717, 1.165) is 28.8 Å². The van der Waals surface area contributed by atoms with Gasteiger partial charge < -0.3 is 14.8 Å². The first kappa shape index (κ1) is 19.4. The van der Waals surface area contributed by atoms with Crippen LogP contribution in [0.5, 0.6) is 0 Å². The first-order valence-corrected chi connectivity index (χ1v) is 9.78. The first-order chi connectivity index (χ1) is 12.7. The van der Waals surface area contributed by atoms with Crippen LogP contribution in [0.25, 0.3) is 11.0 Å². The molecule has 27 heavy (non-hydrogen) atoms. The normalized spacial score (nSPS) is 15.4. The summed E-state index contributed by atoms with van der Waals surface area (Å²) in [5.41, 5.74) is 2.90. The van der Waals surface area contributed by atoms with E-state index in [1.165, 1.54) is 0 Å². The standard InChI is InChI=1S/C21H30N4O2/c1-5-18-22-16-7-6-15(12-17(16)23-18)13-19(26)24-8-10-25(11-9-24)20(27)14-21(2,3)4/h6-7,12H,5,8-11,13-14H2,1-4H3,(H,22,23). The van der Waals surface area contributed by atoms with E-state index in [1.807, 2.05) is 28.0 Å². The van der Waals surface area contributed by atoms with Crippen molar-refractivity contribution in [3.05, 3.63) is 29.6 Å². The molecule has 1 aliphatic heterocycles. The third kappa shape index (κ3) is 4.87. The first-order valence-electron chi connectivity index (χ1n) is 9.78. The lowest BCUT2D eigenvalue weighted by Crippen LogP contribution is -2.51. The van der Waals surface area contributed by atoms with Crippen molar-refractivity contribution < 1.29 is 9.59 Å². The van der Waals surface area contributed by atoms with Gasteiger partial charge in [0.05, 0.1) is 17.5 Å². The van der Waals surface area contributed by atoms with E-state index >= 15 is 0 Å². The maximum Gasteiger partial charge on any atom is 0.227 e. The number of fused-ring (bicyclic) bond motifs is 1. The Morgan fingerprint density at radius 2 is 1.70 bits per heavy atom. The lowest BCUT2D eigenvalue weighted by molar-refractivity contribution is -0.140. The Balaban J connectivity index is 1.56. The molecular formula is C21H30N4O2. The highest BCUT2D eigenvalue weighted by Crippen LogP contribution is 2.21. The highest BCUT2D eigenvalue weighted by molar-refractivity contribution is 5.82. The molecule has 0 radical (unpaired) electrons. The Kier molecular flexibility index (Phi) is 5.53. The predicted octanol–water partition coefficient (Wildman–Crippen LogP) is 2.77. The number of hydrogen-bond donors (Lipinski definition) is 1. The monoisotopic (exact) mass is 370 g/mol. The number of carbonyl (C=O) groups is 2. The number of benzene rings is 1. The van der Waals surface area contributed by atoms with E-state index in [9.17, 15) is 9.59 Å². The summed E-state index contributed by atoms with van der Waals surface area (Å²) < 4.78 is 0. The van der Waals surface area contributed by atoms with Gasteiger partial charge in [0.2, 0.25) is 11.8 Å². The summed E-state index contributed by atoms with van der Waals surface area (Å²) in [6.07, 6.45) is 1.79. The van der Waals surface area contributed by atoms with Crippen molar-refractivity contribution in [1.29, 1.82) is 0 Å². The van der Waals surface area contributed by atoms with Crippen LogP contribution < -0.4 is 0 Å². The molecule has 3 rings (SSSR count). The smallest absolute Gasteiger partial charge is 0.227 e. The Bertz CT molecular complexity index is 826. The van der Waals surface area contributed by atoms with Gasteiger partial charge in [0.15, 0.2) is 0 Å². The second-order valence-electron chi connectivity index (χ2n) is 8.56. The Hall–Kier alpha value is -2.37. The summed E-state index contributed by atoms with van der Waals surface area (Å²) in [6.45, 7) is 10.8. The van der Waals surface area contributed by atoms with Crippen LogP contribution in [0.2, 0.25) is 0 Å². The number of piperazine rings is 1. The van der Waals surface area contributed by atoms with Gasteiger partial charge in [-0.1, -0.05) is 33.8 Å². The number of imidazole rings is 1. The molecule has 1 N–H and O–H groups in total. The minimum Gasteiger partial charge on any atom is -0.342 e. The van der Waals surface area contributed by atoms with Gasteiger partial charge in [0, 0.05) is 39.0 Å². The van der Waals surface area contributed by atoms with Crippen molar-refractivity contribution in [3.63, 3.8) is 0 Å². The second kappa shape index (κ2) is 7.71. The molecule has 2 heterocycles. The topological polar surface area (TPSA) is 69.3 Å². The molecule has 1 aliphatic rings. The van der Waals surface area contributed by atoms with Crippen LogP contribution in [0.4, 0.5) is 0 Å². The van der Waals surface area contributed by atoms with E-state index in [-0.39, 0.29) is 17.2 Å². The summed E-state index contributed by atoms with van der Waals surface area (Å²) in [6, 6.07) is 5.96. The van der Waals surface area contributed by atoms with Gasteiger partial charge in [-0.05, 0) is 23.1 Å². The van der Waals surface area contributed by atoms with Gasteiger partial charge in [-0.3, -0.25) is 9.59 Å². The quantitative estimate of drug-likeness (QED) is 0.900. The average molecular weight is 370 g/mol. The van der Waals surface area contributed by atoms with Crippen LogP contribution in [0, 0.1) is 5.41 Å².